The normalized spacial score (nSPS) is 10.6. The van der Waals surface area contributed by atoms with Crippen molar-refractivity contribution in [3.63, 3.8) is 0 Å². The van der Waals surface area contributed by atoms with E-state index in [0.717, 1.165) is 5.56 Å². The summed E-state index contributed by atoms with van der Waals surface area (Å²) in [5.41, 5.74) is 0.796. The fourth-order valence-corrected chi connectivity index (χ4v) is 2.85. The lowest BCUT2D eigenvalue weighted by Gasteiger charge is -2.09. The molecule has 1 aromatic carbocycles. The van der Waals surface area contributed by atoms with Crippen molar-refractivity contribution >= 4 is 23.3 Å². The average Bonchev–Trinajstić information content (AvgIpc) is 3.32. The van der Waals surface area contributed by atoms with Crippen molar-refractivity contribution < 1.29 is 18.7 Å². The summed E-state index contributed by atoms with van der Waals surface area (Å²) in [4.78, 5) is 41.4. The number of benzene rings is 1. The van der Waals surface area contributed by atoms with Crippen LogP contribution >= 0.6 is 0 Å². The van der Waals surface area contributed by atoms with Gasteiger partial charge in [-0.05, 0) is 29.8 Å². The summed E-state index contributed by atoms with van der Waals surface area (Å²) in [7, 11) is 0. The van der Waals surface area contributed by atoms with Gasteiger partial charge in [0.1, 0.15) is 23.7 Å². The second-order valence-corrected chi connectivity index (χ2v) is 6.57. The molecule has 3 aromatic heterocycles. The molecule has 156 valence electrons. The number of amides is 2. The minimum Gasteiger partial charge on any atom is -0.467 e. The van der Waals surface area contributed by atoms with Gasteiger partial charge in [-0.3, -0.25) is 19.3 Å². The Bertz CT molecular complexity index is 1270. The van der Waals surface area contributed by atoms with Crippen LogP contribution in [0.25, 0.3) is 5.65 Å². The number of anilines is 1. The van der Waals surface area contributed by atoms with Crippen molar-refractivity contribution in [1.82, 2.24) is 14.7 Å². The van der Waals surface area contributed by atoms with E-state index in [2.05, 4.69) is 15.6 Å². The number of carbonyl (C=O) groups excluding carboxylic acids is 2. The molecule has 0 fully saturated rings. The molecule has 2 N–H and O–H groups in total. The molecule has 9 heteroatoms. The van der Waals surface area contributed by atoms with Gasteiger partial charge in [0.2, 0.25) is 0 Å². The highest BCUT2D eigenvalue weighted by molar-refractivity contribution is 5.94. The zero-order valence-electron chi connectivity index (χ0n) is 16.3. The summed E-state index contributed by atoms with van der Waals surface area (Å²) in [5.74, 6) is 0.222. The zero-order valence-corrected chi connectivity index (χ0v) is 16.3. The van der Waals surface area contributed by atoms with Crippen molar-refractivity contribution in [2.75, 3.05) is 5.32 Å². The third-order valence-electron chi connectivity index (χ3n) is 4.42. The van der Waals surface area contributed by atoms with Crippen LogP contribution in [0.3, 0.4) is 0 Å². The summed E-state index contributed by atoms with van der Waals surface area (Å²) in [6.45, 7) is 0.279. The maximum atomic E-state index is 12.8. The molecular weight excluding hydrogens is 400 g/mol. The third kappa shape index (κ3) is 4.78. The topological polar surface area (TPSA) is 115 Å². The number of furan rings is 1. The number of aromatic nitrogens is 2. The molecular formula is C22H18N4O5. The van der Waals surface area contributed by atoms with E-state index < -0.39 is 11.7 Å². The third-order valence-corrected chi connectivity index (χ3v) is 4.42. The van der Waals surface area contributed by atoms with E-state index in [4.69, 9.17) is 9.15 Å². The molecule has 0 radical (unpaired) electrons. The van der Waals surface area contributed by atoms with Gasteiger partial charge in [0.25, 0.3) is 11.5 Å². The Hall–Kier alpha value is -4.40. The first-order valence-electron chi connectivity index (χ1n) is 9.40. The molecule has 0 aliphatic heterocycles. The van der Waals surface area contributed by atoms with E-state index >= 15 is 0 Å². The number of rotatable bonds is 6. The van der Waals surface area contributed by atoms with E-state index in [1.165, 1.54) is 23.1 Å². The molecule has 0 aliphatic carbocycles. The predicted octanol–water partition coefficient (Wildman–Crippen LogP) is 2.97. The van der Waals surface area contributed by atoms with Gasteiger partial charge < -0.3 is 14.5 Å². The quantitative estimate of drug-likeness (QED) is 0.498. The zero-order chi connectivity index (χ0) is 21.6. The predicted molar refractivity (Wildman–Crippen MR) is 112 cm³/mol. The summed E-state index contributed by atoms with van der Waals surface area (Å²) in [5, 5.41) is 5.10. The Morgan fingerprint density at radius 3 is 2.68 bits per heavy atom. The second-order valence-electron chi connectivity index (χ2n) is 6.57. The molecule has 4 rings (SSSR count). The molecule has 0 spiro atoms. The summed E-state index contributed by atoms with van der Waals surface area (Å²) >= 11 is 0. The number of carbonyl (C=O) groups is 2. The fourth-order valence-electron chi connectivity index (χ4n) is 2.85. The number of nitrogens with zero attached hydrogens (tertiary/aromatic N) is 2. The minimum absolute atomic E-state index is 0.0645. The lowest BCUT2D eigenvalue weighted by Crippen LogP contribution is -2.26. The lowest BCUT2D eigenvalue weighted by molar-refractivity contribution is 0.0947. The largest absolute Gasteiger partial charge is 0.467 e. The van der Waals surface area contributed by atoms with Crippen LogP contribution in [0.5, 0.6) is 0 Å². The number of fused-ring (bicyclic) bond motifs is 1. The van der Waals surface area contributed by atoms with Crippen LogP contribution in [-0.4, -0.2) is 21.4 Å². The van der Waals surface area contributed by atoms with Crippen molar-refractivity contribution in [1.29, 1.82) is 0 Å². The van der Waals surface area contributed by atoms with E-state index in [0.29, 0.717) is 11.4 Å². The Morgan fingerprint density at radius 2 is 1.90 bits per heavy atom. The molecule has 0 aliphatic rings. The van der Waals surface area contributed by atoms with Gasteiger partial charge in [0, 0.05) is 6.20 Å². The average molecular weight is 418 g/mol. The minimum atomic E-state index is -0.782. The van der Waals surface area contributed by atoms with Crippen molar-refractivity contribution in [3.8, 4) is 0 Å². The fraction of sp³-hybridized carbons (Fsp3) is 0.0909. The molecule has 0 saturated heterocycles. The monoisotopic (exact) mass is 418 g/mol. The summed E-state index contributed by atoms with van der Waals surface area (Å²) in [6, 6.07) is 15.7. The molecule has 0 unspecified atom stereocenters. The van der Waals surface area contributed by atoms with Crippen LogP contribution < -0.4 is 16.2 Å². The molecule has 0 atom stereocenters. The molecule has 0 bridgehead atoms. The van der Waals surface area contributed by atoms with E-state index in [9.17, 15) is 14.4 Å². The smallest absolute Gasteiger partial charge is 0.412 e. The number of ether oxygens (including phenoxy) is 1. The van der Waals surface area contributed by atoms with Crippen molar-refractivity contribution in [2.24, 2.45) is 0 Å². The Balaban J connectivity index is 1.47. The maximum Gasteiger partial charge on any atom is 0.412 e. The first-order chi connectivity index (χ1) is 15.1. The van der Waals surface area contributed by atoms with Crippen molar-refractivity contribution in [3.05, 3.63) is 100 Å². The van der Waals surface area contributed by atoms with Gasteiger partial charge >= 0.3 is 6.09 Å². The Morgan fingerprint density at radius 1 is 1.06 bits per heavy atom. The number of pyridine rings is 1. The lowest BCUT2D eigenvalue weighted by atomic mass is 10.2. The number of hydrogen-bond donors (Lipinski definition) is 2. The SMILES string of the molecule is O=C(Nc1cnc2ccc(C(=O)NCc3ccco3)cn2c1=O)OCc1ccccc1. The van der Waals surface area contributed by atoms with E-state index in [-0.39, 0.29) is 30.3 Å². The van der Waals surface area contributed by atoms with Crippen LogP contribution in [0.4, 0.5) is 10.5 Å². The summed E-state index contributed by atoms with van der Waals surface area (Å²) < 4.78 is 11.5. The maximum absolute atomic E-state index is 12.8. The highest BCUT2D eigenvalue weighted by Crippen LogP contribution is 2.08. The van der Waals surface area contributed by atoms with Crippen LogP contribution in [0.15, 0.2) is 82.5 Å². The molecule has 4 aromatic rings. The van der Waals surface area contributed by atoms with Crippen LogP contribution in [0.2, 0.25) is 0 Å². The van der Waals surface area contributed by atoms with Gasteiger partial charge in [-0.2, -0.15) is 0 Å². The van der Waals surface area contributed by atoms with E-state index in [1.807, 2.05) is 30.3 Å². The molecule has 31 heavy (non-hydrogen) atoms. The van der Waals surface area contributed by atoms with Crippen LogP contribution in [-0.2, 0) is 17.9 Å². The van der Waals surface area contributed by atoms with E-state index in [1.54, 1.807) is 24.3 Å². The second kappa shape index (κ2) is 8.95. The highest BCUT2D eigenvalue weighted by atomic mass is 16.5. The first-order valence-corrected chi connectivity index (χ1v) is 9.40. The first kappa shape index (κ1) is 19.9. The highest BCUT2D eigenvalue weighted by Gasteiger charge is 2.12. The Kier molecular flexibility index (Phi) is 5.75. The number of hydrogen-bond acceptors (Lipinski definition) is 6. The summed E-state index contributed by atoms with van der Waals surface area (Å²) in [6.07, 6.45) is 3.35. The number of nitrogens with one attached hydrogen (secondary N) is 2. The molecule has 3 heterocycles. The molecule has 2 amide bonds. The van der Waals surface area contributed by atoms with Gasteiger partial charge in [-0.1, -0.05) is 30.3 Å². The van der Waals surface area contributed by atoms with Crippen molar-refractivity contribution in [2.45, 2.75) is 13.2 Å². The Labute approximate surface area is 176 Å². The van der Waals surface area contributed by atoms with Crippen LogP contribution in [0, 0.1) is 0 Å². The van der Waals surface area contributed by atoms with Crippen LogP contribution in [0.1, 0.15) is 21.7 Å². The molecule has 9 nitrogen and oxygen atoms in total. The van der Waals surface area contributed by atoms with Gasteiger partial charge in [-0.15, -0.1) is 0 Å². The van der Waals surface area contributed by atoms with Gasteiger partial charge in [-0.25, -0.2) is 9.78 Å². The van der Waals surface area contributed by atoms with Gasteiger partial charge in [0.05, 0.1) is 24.6 Å². The standard InChI is InChI=1S/C22H18N4O5/c27-20(24-11-17-7-4-10-30-17)16-8-9-19-23-12-18(21(28)26(19)13-16)25-22(29)31-14-15-5-2-1-3-6-15/h1-10,12-13H,11,14H2,(H,24,27)(H,25,29). The van der Waals surface area contributed by atoms with Gasteiger partial charge in [0.15, 0.2) is 0 Å². The molecule has 0 saturated carbocycles.